The first kappa shape index (κ1) is 23.5. The molecule has 150 valence electrons. The van der Waals surface area contributed by atoms with Crippen molar-refractivity contribution < 1.29 is 74.1 Å². The topological polar surface area (TPSA) is 43.4 Å². The molecule has 0 aromatic rings. The van der Waals surface area contributed by atoms with Gasteiger partial charge in [0, 0.05) is 0 Å². The molecule has 0 aliphatic carbocycles. The maximum atomic E-state index is 13.4. The predicted octanol–water partition coefficient (Wildman–Crippen LogP) is 4.43. The molecule has 0 N–H and O–H groups in total. The second kappa shape index (κ2) is 6.04. The Hall–Kier alpha value is -1.49. The van der Waals surface area contributed by atoms with Crippen LogP contribution in [0, 0.1) is 0 Å². The van der Waals surface area contributed by atoms with Crippen molar-refractivity contribution >= 4 is 10.2 Å². The summed E-state index contributed by atoms with van der Waals surface area (Å²) in [6.45, 7) is 0. The zero-order chi connectivity index (χ0) is 20.9. The molecule has 3 nitrogen and oxygen atoms in total. The molecule has 0 aromatic heterocycles. The molecule has 0 rings (SSSR count). The van der Waals surface area contributed by atoms with Crippen molar-refractivity contribution in [2.24, 2.45) is 0 Å². The Bertz CT molecular complexity index is 644. The Morgan fingerprint density at radius 1 is 0.760 bits per heavy atom. The van der Waals surface area contributed by atoms with Gasteiger partial charge in [-0.3, -0.25) is 0 Å². The minimum atomic E-state index is -8.22. The third kappa shape index (κ3) is 3.43. The number of hydrogen-bond acceptors (Lipinski definition) is 3. The Morgan fingerprint density at radius 2 is 1.12 bits per heavy atom. The monoisotopic (exact) mass is 430 g/mol. The average Bonchev–Trinajstić information content (AvgIpc) is 2.33. The van der Waals surface area contributed by atoms with Gasteiger partial charge in [-0.05, 0) is 0 Å². The van der Waals surface area contributed by atoms with Crippen molar-refractivity contribution in [2.45, 2.75) is 29.1 Å². The van der Waals surface area contributed by atoms with Crippen LogP contribution in [-0.2, 0) is 15.0 Å². The summed E-state index contributed by atoms with van der Waals surface area (Å²) < 4.78 is 196. The maximum Gasteiger partial charge on any atom is 0.450 e. The molecule has 1 unspecified atom stereocenters. The van der Waals surface area contributed by atoms with Gasteiger partial charge < -0.3 is 4.74 Å². The SMILES string of the molecule is O=S(=O)(F)C(F)(F)C(F)(F)C(F)(C(F)(F)F)C(F)(F)OC(F)=C(F)F. The summed E-state index contributed by atoms with van der Waals surface area (Å²) >= 11 is 0. The van der Waals surface area contributed by atoms with Crippen LogP contribution in [0.2, 0.25) is 0 Å². The molecule has 1 atom stereocenters. The van der Waals surface area contributed by atoms with Gasteiger partial charge in [-0.15, -0.1) is 0 Å². The van der Waals surface area contributed by atoms with Crippen LogP contribution < -0.4 is 0 Å². The van der Waals surface area contributed by atoms with Gasteiger partial charge in [0.2, 0.25) is 0 Å². The second-order valence-corrected chi connectivity index (χ2v) is 5.23. The molecule has 18 heteroatoms. The van der Waals surface area contributed by atoms with E-state index < -0.39 is 51.4 Å². The molecular formula is C7F14O3S. The van der Waals surface area contributed by atoms with E-state index in [1.54, 1.807) is 4.74 Å². The zero-order valence-corrected chi connectivity index (χ0v) is 11.2. The highest BCUT2D eigenvalue weighted by atomic mass is 32.3. The fraction of sp³-hybridized carbons (Fsp3) is 0.714. The molecule has 0 aliphatic heterocycles. The number of ether oxygens (including phenoxy) is 1. The van der Waals surface area contributed by atoms with Crippen LogP contribution in [0.3, 0.4) is 0 Å². The second-order valence-electron chi connectivity index (χ2n) is 3.84. The molecule has 0 saturated carbocycles. The van der Waals surface area contributed by atoms with Crippen molar-refractivity contribution in [3.8, 4) is 0 Å². The lowest BCUT2D eigenvalue weighted by atomic mass is 9.95. The van der Waals surface area contributed by atoms with E-state index in [0.717, 1.165) is 0 Å². The van der Waals surface area contributed by atoms with Gasteiger partial charge in [0.15, 0.2) is 0 Å². The summed E-state index contributed by atoms with van der Waals surface area (Å²) in [4.78, 5) is 0. The lowest BCUT2D eigenvalue weighted by molar-refractivity contribution is -0.439. The third-order valence-corrected chi connectivity index (χ3v) is 3.13. The standard InChI is InChI=1S/C7F14O3S/c8-1(9)2(10)24-6(17,18)3(11,5(14,15)16)4(12,13)7(19,20)25(21,22)23. The largest absolute Gasteiger partial charge is 0.450 e. The quantitative estimate of drug-likeness (QED) is 0.356. The van der Waals surface area contributed by atoms with Crippen LogP contribution in [0.1, 0.15) is 0 Å². The molecule has 0 spiro atoms. The first-order valence-corrected chi connectivity index (χ1v) is 6.19. The molecule has 0 radical (unpaired) electrons. The highest BCUT2D eigenvalue weighted by Crippen LogP contribution is 2.60. The van der Waals surface area contributed by atoms with Crippen LogP contribution in [0.5, 0.6) is 0 Å². The van der Waals surface area contributed by atoms with Crippen LogP contribution in [0.25, 0.3) is 0 Å². The number of alkyl halides is 10. The van der Waals surface area contributed by atoms with Gasteiger partial charge in [0.25, 0.3) is 0 Å². The average molecular weight is 430 g/mol. The van der Waals surface area contributed by atoms with Crippen LogP contribution in [-0.4, -0.2) is 37.5 Å². The van der Waals surface area contributed by atoms with Crippen molar-refractivity contribution in [3.05, 3.63) is 12.1 Å². The predicted molar refractivity (Wildman–Crippen MR) is 46.2 cm³/mol. The Morgan fingerprint density at radius 3 is 1.36 bits per heavy atom. The van der Waals surface area contributed by atoms with E-state index in [1.165, 1.54) is 0 Å². The first-order chi connectivity index (χ1) is 10.6. The van der Waals surface area contributed by atoms with E-state index >= 15 is 0 Å². The van der Waals surface area contributed by atoms with Gasteiger partial charge in [0.1, 0.15) is 0 Å². The smallest absolute Gasteiger partial charge is 0.399 e. The minimum Gasteiger partial charge on any atom is -0.399 e. The molecule has 0 fully saturated rings. The molecule has 0 heterocycles. The van der Waals surface area contributed by atoms with E-state index in [9.17, 15) is 69.4 Å². The number of hydrogen-bond donors (Lipinski definition) is 0. The van der Waals surface area contributed by atoms with Gasteiger partial charge >= 0.3 is 51.4 Å². The zero-order valence-electron chi connectivity index (χ0n) is 10.4. The van der Waals surface area contributed by atoms with E-state index in [4.69, 9.17) is 0 Å². The summed E-state index contributed by atoms with van der Waals surface area (Å²) in [6.07, 6.45) is -19.6. The molecule has 0 amide bonds. The summed E-state index contributed by atoms with van der Waals surface area (Å²) in [5, 5.41) is -7.80. The Labute approximate surface area is 127 Å². The highest BCUT2D eigenvalue weighted by Gasteiger charge is 2.93. The van der Waals surface area contributed by atoms with E-state index in [2.05, 4.69) is 0 Å². The van der Waals surface area contributed by atoms with Crippen LogP contribution in [0.4, 0.5) is 61.0 Å². The fourth-order valence-electron chi connectivity index (χ4n) is 1.10. The van der Waals surface area contributed by atoms with E-state index in [0.29, 0.717) is 0 Å². The molecule has 25 heavy (non-hydrogen) atoms. The van der Waals surface area contributed by atoms with Gasteiger partial charge in [-0.1, -0.05) is 3.89 Å². The lowest BCUT2D eigenvalue weighted by Gasteiger charge is -2.39. The van der Waals surface area contributed by atoms with Gasteiger partial charge in [-0.25, -0.2) is 4.39 Å². The lowest BCUT2D eigenvalue weighted by Crippen LogP contribution is -2.72. The normalized spacial score (nSPS) is 17.0. The molecule has 0 saturated heterocycles. The Balaban J connectivity index is 6.79. The van der Waals surface area contributed by atoms with E-state index in [-0.39, 0.29) is 0 Å². The van der Waals surface area contributed by atoms with Crippen molar-refractivity contribution in [1.29, 1.82) is 0 Å². The van der Waals surface area contributed by atoms with Gasteiger partial charge in [0.05, 0.1) is 0 Å². The Kier molecular flexibility index (Phi) is 5.68. The number of rotatable bonds is 6. The van der Waals surface area contributed by atoms with Crippen LogP contribution >= 0.6 is 0 Å². The summed E-state index contributed by atoms with van der Waals surface area (Å²) in [6, 6.07) is -4.10. The number of halogens is 14. The van der Waals surface area contributed by atoms with Crippen molar-refractivity contribution in [1.82, 2.24) is 0 Å². The minimum absolute atomic E-state index is 1.69. The molecule has 0 bridgehead atoms. The van der Waals surface area contributed by atoms with Gasteiger partial charge in [-0.2, -0.15) is 61.1 Å². The summed E-state index contributed by atoms with van der Waals surface area (Å²) in [5.74, 6) is -8.22. The van der Waals surface area contributed by atoms with Crippen molar-refractivity contribution in [3.63, 3.8) is 0 Å². The highest BCUT2D eigenvalue weighted by molar-refractivity contribution is 7.87. The maximum absolute atomic E-state index is 13.4. The fourth-order valence-corrected chi connectivity index (χ4v) is 1.55. The van der Waals surface area contributed by atoms with E-state index in [1.807, 2.05) is 0 Å². The molecule has 0 aliphatic rings. The van der Waals surface area contributed by atoms with Crippen LogP contribution in [0.15, 0.2) is 12.1 Å². The van der Waals surface area contributed by atoms with Crippen molar-refractivity contribution in [2.75, 3.05) is 0 Å². The molecular weight excluding hydrogens is 430 g/mol. The first-order valence-electron chi connectivity index (χ1n) is 4.81. The summed E-state index contributed by atoms with van der Waals surface area (Å²) in [7, 11) is -8.17. The third-order valence-electron chi connectivity index (χ3n) is 2.26. The molecule has 0 aromatic carbocycles. The summed E-state index contributed by atoms with van der Waals surface area (Å²) in [5.41, 5.74) is -8.18.